The molecule has 1 unspecified atom stereocenters. The molecule has 0 N–H and O–H groups in total. The number of hydrogen-bond donors (Lipinski definition) is 0. The molecule has 1 atom stereocenters. The van der Waals surface area contributed by atoms with Crippen molar-refractivity contribution < 1.29 is 9.53 Å². The summed E-state index contributed by atoms with van der Waals surface area (Å²) in [4.78, 5) is 19.7. The first-order chi connectivity index (χ1) is 13.6. The van der Waals surface area contributed by atoms with Crippen LogP contribution in [0.1, 0.15) is 31.0 Å². The molecule has 2 aromatic rings. The van der Waals surface area contributed by atoms with Crippen molar-refractivity contribution in [3.63, 3.8) is 0 Å². The minimum Gasteiger partial charge on any atom is -0.463 e. The Hall–Kier alpha value is -2.50. The fourth-order valence-corrected chi connectivity index (χ4v) is 4.53. The largest absolute Gasteiger partial charge is 0.463 e. The molecule has 0 saturated heterocycles. The lowest BCUT2D eigenvalue weighted by Crippen LogP contribution is -2.36. The second kappa shape index (κ2) is 7.86. The molecule has 0 aromatic heterocycles. The van der Waals surface area contributed by atoms with Crippen LogP contribution in [0.2, 0.25) is 5.02 Å². The molecular formula is C22H19ClN2O2S. The molecule has 2 aliphatic heterocycles. The molecule has 28 heavy (non-hydrogen) atoms. The van der Waals surface area contributed by atoms with E-state index in [-0.39, 0.29) is 12.0 Å². The first-order valence-corrected chi connectivity index (χ1v) is 10.3. The number of nitrogens with zero attached hydrogens (tertiary/aromatic N) is 2. The normalized spacial score (nSPS) is 18.5. The van der Waals surface area contributed by atoms with Crippen molar-refractivity contribution in [3.05, 3.63) is 87.4 Å². The minimum absolute atomic E-state index is 0.315. The van der Waals surface area contributed by atoms with Crippen LogP contribution in [0.5, 0.6) is 0 Å². The van der Waals surface area contributed by atoms with Crippen LogP contribution < -0.4 is 0 Å². The minimum atomic E-state index is -0.341. The first-order valence-electron chi connectivity index (χ1n) is 9.03. The van der Waals surface area contributed by atoms with E-state index in [9.17, 15) is 4.79 Å². The van der Waals surface area contributed by atoms with E-state index in [1.165, 1.54) is 0 Å². The lowest BCUT2D eigenvalue weighted by molar-refractivity contribution is -0.139. The van der Waals surface area contributed by atoms with Crippen LogP contribution in [0.25, 0.3) is 5.70 Å². The number of carbonyl (C=O) groups is 1. The molecule has 0 radical (unpaired) electrons. The number of carbonyl (C=O) groups excluding carboxylic acids is 1. The fraction of sp³-hybridized carbons (Fsp3) is 0.182. The van der Waals surface area contributed by atoms with Crippen molar-refractivity contribution in [1.82, 2.24) is 4.90 Å². The van der Waals surface area contributed by atoms with Gasteiger partial charge in [-0.15, -0.1) is 0 Å². The standard InChI is InChI=1S/C22H19ClN2O2S/c1-3-27-21(26)19-14(2)24-22-25(20(19)16-9-11-17(23)12-10-16)18(13-28-22)15-7-5-4-6-8-15/h4-13,20H,3H2,1-2H3. The first kappa shape index (κ1) is 18.8. The highest BCUT2D eigenvalue weighted by molar-refractivity contribution is 8.16. The van der Waals surface area contributed by atoms with E-state index < -0.39 is 0 Å². The molecule has 0 bridgehead atoms. The van der Waals surface area contributed by atoms with Gasteiger partial charge in [0, 0.05) is 10.4 Å². The number of allylic oxidation sites excluding steroid dienone is 1. The van der Waals surface area contributed by atoms with Gasteiger partial charge in [-0.25, -0.2) is 9.79 Å². The summed E-state index contributed by atoms with van der Waals surface area (Å²) in [5.41, 5.74) is 4.28. The summed E-state index contributed by atoms with van der Waals surface area (Å²) in [6, 6.07) is 17.4. The number of amidine groups is 1. The maximum atomic E-state index is 12.9. The third kappa shape index (κ3) is 3.36. The Morgan fingerprint density at radius 3 is 2.57 bits per heavy atom. The van der Waals surface area contributed by atoms with Crippen LogP contribution in [0, 0.1) is 0 Å². The monoisotopic (exact) mass is 410 g/mol. The summed E-state index contributed by atoms with van der Waals surface area (Å²) in [5.74, 6) is -0.341. The molecule has 0 fully saturated rings. The van der Waals surface area contributed by atoms with Gasteiger partial charge in [0.05, 0.1) is 29.6 Å². The SMILES string of the molecule is CCOC(=O)C1=C(C)N=C2SC=C(c3ccccc3)N2C1c1ccc(Cl)cc1. The zero-order valence-corrected chi connectivity index (χ0v) is 17.1. The number of fused-ring (bicyclic) bond motifs is 1. The van der Waals surface area contributed by atoms with Gasteiger partial charge in [0.25, 0.3) is 0 Å². The van der Waals surface area contributed by atoms with Crippen LogP contribution in [0.4, 0.5) is 0 Å². The molecule has 0 aliphatic carbocycles. The molecule has 4 rings (SSSR count). The summed E-state index contributed by atoms with van der Waals surface area (Å²) < 4.78 is 5.37. The number of benzene rings is 2. The zero-order valence-electron chi connectivity index (χ0n) is 15.6. The second-order valence-electron chi connectivity index (χ2n) is 6.42. The van der Waals surface area contributed by atoms with Crippen molar-refractivity contribution in [2.45, 2.75) is 19.9 Å². The highest BCUT2D eigenvalue weighted by Crippen LogP contribution is 2.46. The summed E-state index contributed by atoms with van der Waals surface area (Å²) >= 11 is 7.67. The van der Waals surface area contributed by atoms with E-state index in [1.807, 2.05) is 56.3 Å². The van der Waals surface area contributed by atoms with E-state index in [0.29, 0.717) is 22.9 Å². The van der Waals surface area contributed by atoms with E-state index in [2.05, 4.69) is 22.4 Å². The highest BCUT2D eigenvalue weighted by Gasteiger charge is 2.41. The van der Waals surface area contributed by atoms with Crippen molar-refractivity contribution in [3.8, 4) is 0 Å². The quantitative estimate of drug-likeness (QED) is 0.612. The van der Waals surface area contributed by atoms with Crippen molar-refractivity contribution in [1.29, 1.82) is 0 Å². The van der Waals surface area contributed by atoms with E-state index in [4.69, 9.17) is 21.3 Å². The molecule has 2 aromatic carbocycles. The predicted octanol–water partition coefficient (Wildman–Crippen LogP) is 5.64. The maximum absolute atomic E-state index is 12.9. The number of esters is 1. The average Bonchev–Trinajstić information content (AvgIpc) is 3.12. The highest BCUT2D eigenvalue weighted by atomic mass is 35.5. The van der Waals surface area contributed by atoms with Gasteiger partial charge < -0.3 is 9.64 Å². The molecule has 2 aliphatic rings. The third-order valence-corrected chi connectivity index (χ3v) is 5.77. The predicted molar refractivity (Wildman–Crippen MR) is 115 cm³/mol. The molecular weight excluding hydrogens is 392 g/mol. The number of aliphatic imine (C=N–C) groups is 1. The summed E-state index contributed by atoms with van der Waals surface area (Å²) in [6.07, 6.45) is 0. The summed E-state index contributed by atoms with van der Waals surface area (Å²) in [6.45, 7) is 3.99. The Morgan fingerprint density at radius 2 is 1.89 bits per heavy atom. The van der Waals surface area contributed by atoms with Crippen molar-refractivity contribution in [2.75, 3.05) is 6.61 Å². The molecule has 2 heterocycles. The van der Waals surface area contributed by atoms with Crippen LogP contribution in [0.3, 0.4) is 0 Å². The topological polar surface area (TPSA) is 41.9 Å². The van der Waals surface area contributed by atoms with Gasteiger partial charge >= 0.3 is 5.97 Å². The second-order valence-corrected chi connectivity index (χ2v) is 7.70. The molecule has 0 spiro atoms. The van der Waals surface area contributed by atoms with Crippen molar-refractivity contribution in [2.24, 2.45) is 4.99 Å². The maximum Gasteiger partial charge on any atom is 0.338 e. The number of hydrogen-bond acceptors (Lipinski definition) is 5. The van der Waals surface area contributed by atoms with Crippen LogP contribution in [-0.4, -0.2) is 22.6 Å². The molecule has 142 valence electrons. The van der Waals surface area contributed by atoms with Gasteiger partial charge in [-0.3, -0.25) is 0 Å². The lowest BCUT2D eigenvalue weighted by atomic mass is 9.93. The van der Waals surface area contributed by atoms with Crippen molar-refractivity contribution >= 4 is 40.2 Å². The zero-order chi connectivity index (χ0) is 19.7. The number of ether oxygens (including phenoxy) is 1. The molecule has 6 heteroatoms. The fourth-order valence-electron chi connectivity index (χ4n) is 3.43. The Labute approximate surface area is 173 Å². The van der Waals surface area contributed by atoms with Gasteiger partial charge in [0.15, 0.2) is 5.17 Å². The van der Waals surface area contributed by atoms with Gasteiger partial charge in [-0.2, -0.15) is 0 Å². The Kier molecular flexibility index (Phi) is 5.29. The molecule has 4 nitrogen and oxygen atoms in total. The third-order valence-electron chi connectivity index (χ3n) is 4.68. The number of halogens is 1. The number of thioether (sulfide) groups is 1. The van der Waals surface area contributed by atoms with Crippen LogP contribution >= 0.6 is 23.4 Å². The number of rotatable bonds is 4. The van der Waals surface area contributed by atoms with E-state index in [1.54, 1.807) is 11.8 Å². The smallest absolute Gasteiger partial charge is 0.338 e. The van der Waals surface area contributed by atoms with Crippen LogP contribution in [0.15, 0.2) is 76.3 Å². The van der Waals surface area contributed by atoms with Gasteiger partial charge in [-0.05, 0) is 37.1 Å². The summed E-state index contributed by atoms with van der Waals surface area (Å²) in [5, 5.41) is 3.59. The summed E-state index contributed by atoms with van der Waals surface area (Å²) in [7, 11) is 0. The lowest BCUT2D eigenvalue weighted by Gasteiger charge is -2.36. The molecule has 0 saturated carbocycles. The Bertz CT molecular complexity index is 997. The van der Waals surface area contributed by atoms with E-state index >= 15 is 0 Å². The Balaban J connectivity index is 1.86. The van der Waals surface area contributed by atoms with Gasteiger partial charge in [0.1, 0.15) is 0 Å². The van der Waals surface area contributed by atoms with E-state index in [0.717, 1.165) is 22.0 Å². The Morgan fingerprint density at radius 1 is 1.18 bits per heavy atom. The molecule has 0 amide bonds. The van der Waals surface area contributed by atoms with Gasteiger partial charge in [0.2, 0.25) is 0 Å². The van der Waals surface area contributed by atoms with Crippen LogP contribution in [-0.2, 0) is 9.53 Å². The average molecular weight is 411 g/mol. The van der Waals surface area contributed by atoms with Gasteiger partial charge in [-0.1, -0.05) is 65.8 Å².